The molecule has 0 aliphatic heterocycles. The molecule has 0 atom stereocenters. The molecule has 0 aliphatic carbocycles. The monoisotopic (exact) mass is 484 g/mol. The van der Waals surface area contributed by atoms with Crippen molar-refractivity contribution in [3.05, 3.63) is 52.2 Å². The molecular formula is C22H24F4N4O4. The van der Waals surface area contributed by atoms with Crippen LogP contribution in [0.25, 0.3) is 16.8 Å². The van der Waals surface area contributed by atoms with Gasteiger partial charge in [-0.05, 0) is 39.0 Å². The Kier molecular flexibility index (Phi) is 7.01. The maximum absolute atomic E-state index is 13.9. The molecule has 0 aliphatic rings. The molecule has 3 rings (SSSR count). The van der Waals surface area contributed by atoms with Crippen molar-refractivity contribution in [2.24, 2.45) is 0 Å². The summed E-state index contributed by atoms with van der Waals surface area (Å²) in [6.45, 7) is 4.73. The second kappa shape index (κ2) is 9.45. The predicted octanol–water partition coefficient (Wildman–Crippen LogP) is 3.00. The lowest BCUT2D eigenvalue weighted by molar-refractivity contribution is -0.140. The number of nitrogens with one attached hydrogen (secondary N) is 1. The van der Waals surface area contributed by atoms with Gasteiger partial charge in [-0.2, -0.15) is 13.2 Å². The summed E-state index contributed by atoms with van der Waals surface area (Å²) in [4.78, 5) is 25.8. The SMILES string of the molecule is CC(C)(C)NC(=O)Cn1c(-c2ccc(F)c(C(F)(F)F)c2)cn2nc(OCCCO)cc2c1=O. The van der Waals surface area contributed by atoms with E-state index in [1.807, 2.05) is 0 Å². The Bertz CT molecular complexity index is 1260. The van der Waals surface area contributed by atoms with Crippen LogP contribution in [0.4, 0.5) is 17.6 Å². The third-order valence-corrected chi connectivity index (χ3v) is 4.65. The maximum atomic E-state index is 13.9. The van der Waals surface area contributed by atoms with Gasteiger partial charge < -0.3 is 15.2 Å². The van der Waals surface area contributed by atoms with Gasteiger partial charge in [-0.1, -0.05) is 0 Å². The molecule has 0 bridgehead atoms. The highest BCUT2D eigenvalue weighted by Gasteiger charge is 2.34. The summed E-state index contributed by atoms with van der Waals surface area (Å²) in [5.41, 5.74) is -3.01. The molecule has 12 heteroatoms. The first-order valence-corrected chi connectivity index (χ1v) is 10.3. The summed E-state index contributed by atoms with van der Waals surface area (Å²) in [7, 11) is 0. The van der Waals surface area contributed by atoms with E-state index in [2.05, 4.69) is 10.4 Å². The Morgan fingerprint density at radius 1 is 1.21 bits per heavy atom. The summed E-state index contributed by atoms with van der Waals surface area (Å²) in [5, 5.41) is 15.7. The zero-order valence-corrected chi connectivity index (χ0v) is 18.7. The molecule has 1 aromatic carbocycles. The molecule has 2 heterocycles. The van der Waals surface area contributed by atoms with Gasteiger partial charge in [-0.25, -0.2) is 8.91 Å². The predicted molar refractivity (Wildman–Crippen MR) is 115 cm³/mol. The highest BCUT2D eigenvalue weighted by molar-refractivity contribution is 5.77. The lowest BCUT2D eigenvalue weighted by atomic mass is 10.1. The molecule has 0 spiro atoms. The Balaban J connectivity index is 2.18. The van der Waals surface area contributed by atoms with Crippen LogP contribution in [0.5, 0.6) is 5.88 Å². The normalized spacial score (nSPS) is 12.2. The van der Waals surface area contributed by atoms with Crippen LogP contribution < -0.4 is 15.6 Å². The van der Waals surface area contributed by atoms with E-state index in [0.29, 0.717) is 18.6 Å². The summed E-state index contributed by atoms with van der Waals surface area (Å²) >= 11 is 0. The van der Waals surface area contributed by atoms with E-state index in [1.54, 1.807) is 20.8 Å². The number of aliphatic hydroxyl groups is 1. The smallest absolute Gasteiger partial charge is 0.419 e. The number of ether oxygens (including phenoxy) is 1. The number of fused-ring (bicyclic) bond motifs is 1. The second-order valence-corrected chi connectivity index (χ2v) is 8.63. The van der Waals surface area contributed by atoms with Gasteiger partial charge in [0.2, 0.25) is 11.8 Å². The van der Waals surface area contributed by atoms with Gasteiger partial charge in [0, 0.05) is 30.2 Å². The fourth-order valence-corrected chi connectivity index (χ4v) is 3.27. The fourth-order valence-electron chi connectivity index (χ4n) is 3.27. The lowest BCUT2D eigenvalue weighted by Crippen LogP contribution is -2.43. The van der Waals surface area contributed by atoms with E-state index < -0.39 is 41.1 Å². The Morgan fingerprint density at radius 2 is 1.91 bits per heavy atom. The van der Waals surface area contributed by atoms with Gasteiger partial charge >= 0.3 is 6.18 Å². The third-order valence-electron chi connectivity index (χ3n) is 4.65. The Hall–Kier alpha value is -3.41. The van der Waals surface area contributed by atoms with Gasteiger partial charge in [-0.15, -0.1) is 5.10 Å². The Labute approximate surface area is 191 Å². The molecule has 2 N–H and O–H groups in total. The van der Waals surface area contributed by atoms with Crippen molar-refractivity contribution in [3.63, 3.8) is 0 Å². The van der Waals surface area contributed by atoms with E-state index in [4.69, 9.17) is 9.84 Å². The lowest BCUT2D eigenvalue weighted by Gasteiger charge is -2.22. The minimum atomic E-state index is -4.96. The number of hydrogen-bond acceptors (Lipinski definition) is 5. The molecule has 3 aromatic rings. The van der Waals surface area contributed by atoms with E-state index in [9.17, 15) is 27.2 Å². The van der Waals surface area contributed by atoms with Crippen LogP contribution >= 0.6 is 0 Å². The van der Waals surface area contributed by atoms with Gasteiger partial charge in [0.05, 0.1) is 24.1 Å². The number of benzene rings is 1. The number of alkyl halides is 3. The molecule has 8 nitrogen and oxygen atoms in total. The molecule has 0 unspecified atom stereocenters. The number of rotatable bonds is 7. The van der Waals surface area contributed by atoms with E-state index >= 15 is 0 Å². The second-order valence-electron chi connectivity index (χ2n) is 8.63. The van der Waals surface area contributed by atoms with Gasteiger partial charge in [0.25, 0.3) is 5.56 Å². The number of aromatic nitrogens is 3. The number of carbonyl (C=O) groups is 1. The number of halogens is 4. The minimum Gasteiger partial charge on any atom is -0.476 e. The van der Waals surface area contributed by atoms with Crippen molar-refractivity contribution in [1.29, 1.82) is 0 Å². The number of hydrogen-bond donors (Lipinski definition) is 2. The molecule has 0 saturated heterocycles. The van der Waals surface area contributed by atoms with Crippen LogP contribution in [-0.2, 0) is 17.5 Å². The van der Waals surface area contributed by atoms with Crippen LogP contribution in [0, 0.1) is 5.82 Å². The highest BCUT2D eigenvalue weighted by atomic mass is 19.4. The van der Waals surface area contributed by atoms with E-state index in [0.717, 1.165) is 15.1 Å². The van der Waals surface area contributed by atoms with Crippen molar-refractivity contribution < 1.29 is 32.2 Å². The van der Waals surface area contributed by atoms with Crippen LogP contribution in [0.1, 0.15) is 32.8 Å². The standard InChI is InChI=1S/C22H24F4N4O4/c1-21(2,3)27-18(32)12-29-17(13-5-6-15(23)14(9-13)22(24,25)26)11-30-16(20(29)33)10-19(28-30)34-8-4-7-31/h5-6,9-11,31H,4,7-8,12H2,1-3H3,(H,27,32). The van der Waals surface area contributed by atoms with Gasteiger partial charge in [0.1, 0.15) is 17.9 Å². The topological polar surface area (TPSA) is 97.9 Å². The summed E-state index contributed by atoms with van der Waals surface area (Å²) in [6, 6.07) is 3.65. The molecule has 34 heavy (non-hydrogen) atoms. The largest absolute Gasteiger partial charge is 0.476 e. The average molecular weight is 484 g/mol. The van der Waals surface area contributed by atoms with Crippen LogP contribution in [0.15, 0.2) is 35.3 Å². The van der Waals surface area contributed by atoms with Gasteiger partial charge in [-0.3, -0.25) is 14.2 Å². The van der Waals surface area contributed by atoms with Crippen LogP contribution in [0.3, 0.4) is 0 Å². The first-order chi connectivity index (χ1) is 15.8. The Morgan fingerprint density at radius 3 is 2.53 bits per heavy atom. The molecular weight excluding hydrogens is 460 g/mol. The molecule has 0 radical (unpaired) electrons. The number of nitrogens with zero attached hydrogens (tertiary/aromatic N) is 3. The summed E-state index contributed by atoms with van der Waals surface area (Å²) in [5.74, 6) is -1.95. The zero-order chi connectivity index (χ0) is 25.3. The van der Waals surface area contributed by atoms with Crippen LogP contribution in [0.2, 0.25) is 0 Å². The zero-order valence-electron chi connectivity index (χ0n) is 18.7. The third kappa shape index (κ3) is 5.74. The first kappa shape index (κ1) is 25.2. The molecule has 184 valence electrons. The summed E-state index contributed by atoms with van der Waals surface area (Å²) in [6.07, 6.45) is -3.36. The van der Waals surface area contributed by atoms with Crippen molar-refractivity contribution in [1.82, 2.24) is 19.5 Å². The van der Waals surface area contributed by atoms with Crippen molar-refractivity contribution >= 4 is 11.4 Å². The van der Waals surface area contributed by atoms with Crippen molar-refractivity contribution in [3.8, 4) is 17.1 Å². The number of amides is 1. The van der Waals surface area contributed by atoms with Crippen LogP contribution in [-0.4, -0.2) is 43.9 Å². The highest BCUT2D eigenvalue weighted by Crippen LogP contribution is 2.34. The quantitative estimate of drug-likeness (QED) is 0.397. The number of aliphatic hydroxyl groups excluding tert-OH is 1. The average Bonchev–Trinajstić information content (AvgIpc) is 3.11. The first-order valence-electron chi connectivity index (χ1n) is 10.3. The molecule has 1 amide bonds. The van der Waals surface area contributed by atoms with Gasteiger partial charge in [0.15, 0.2) is 0 Å². The maximum Gasteiger partial charge on any atom is 0.419 e. The summed E-state index contributed by atoms with van der Waals surface area (Å²) < 4.78 is 61.3. The molecule has 0 saturated carbocycles. The molecule has 0 fully saturated rings. The van der Waals surface area contributed by atoms with E-state index in [1.165, 1.54) is 12.3 Å². The minimum absolute atomic E-state index is 0.0180. The number of carbonyl (C=O) groups excluding carboxylic acids is 1. The fraction of sp³-hybridized carbons (Fsp3) is 0.409. The van der Waals surface area contributed by atoms with E-state index in [-0.39, 0.29) is 35.9 Å². The van der Waals surface area contributed by atoms with Crippen molar-refractivity contribution in [2.75, 3.05) is 13.2 Å². The molecule has 2 aromatic heterocycles. The van der Waals surface area contributed by atoms with Crippen molar-refractivity contribution in [2.45, 2.75) is 45.5 Å².